The summed E-state index contributed by atoms with van der Waals surface area (Å²) >= 11 is 0. The molecule has 0 heterocycles. The molecule has 18 heavy (non-hydrogen) atoms. The molecule has 0 spiro atoms. The Bertz CT molecular complexity index is 318. The third-order valence-electron chi connectivity index (χ3n) is 2.96. The van der Waals surface area contributed by atoms with Crippen LogP contribution in [-0.2, 0) is 13.6 Å². The average molecular weight is 275 g/mol. The van der Waals surface area contributed by atoms with Gasteiger partial charge in [-0.2, -0.15) is 0 Å². The minimum absolute atomic E-state index is 0.418. The molecule has 1 aliphatic rings. The topological polar surface area (TPSA) is 47.6 Å². The minimum atomic E-state index is -3.07. The highest BCUT2D eigenvalue weighted by atomic mass is 31.2. The molecule has 0 aromatic carbocycles. The minimum Gasteiger partial charge on any atom is -0.388 e. The van der Waals surface area contributed by atoms with Gasteiger partial charge in [0, 0.05) is 12.2 Å². The van der Waals surface area contributed by atoms with Gasteiger partial charge < -0.3 is 14.4 Å². The standard InChI is InChI=1S/C13H26NO3P/c1-4-11-14-12-9-7-8-10-13(12)18(15,16-5-2)17-6-3/h14H,4-11H2,1-3H3. The van der Waals surface area contributed by atoms with E-state index in [4.69, 9.17) is 9.05 Å². The molecule has 0 aliphatic heterocycles. The van der Waals surface area contributed by atoms with Crippen LogP contribution in [0.4, 0.5) is 0 Å². The lowest BCUT2D eigenvalue weighted by molar-refractivity contribution is 0.224. The van der Waals surface area contributed by atoms with Crippen molar-refractivity contribution in [3.8, 4) is 0 Å². The fourth-order valence-corrected chi connectivity index (χ4v) is 4.21. The second-order valence-corrected chi connectivity index (χ2v) is 6.44. The highest BCUT2D eigenvalue weighted by Crippen LogP contribution is 2.59. The zero-order chi connectivity index (χ0) is 13.4. The number of allylic oxidation sites excluding steroid dienone is 2. The Hall–Kier alpha value is -0.310. The van der Waals surface area contributed by atoms with Crippen LogP contribution in [0, 0.1) is 0 Å². The van der Waals surface area contributed by atoms with Crippen LogP contribution < -0.4 is 5.32 Å². The van der Waals surface area contributed by atoms with Crippen LogP contribution in [0.1, 0.15) is 52.9 Å². The molecule has 0 amide bonds. The molecular formula is C13H26NO3P. The smallest absolute Gasteiger partial charge is 0.359 e. The van der Waals surface area contributed by atoms with E-state index < -0.39 is 7.60 Å². The predicted octanol–water partition coefficient (Wildman–Crippen LogP) is 4.04. The van der Waals surface area contributed by atoms with Gasteiger partial charge in [-0.05, 0) is 46.0 Å². The molecule has 0 aromatic heterocycles. The zero-order valence-corrected chi connectivity index (χ0v) is 12.7. The van der Waals surface area contributed by atoms with Gasteiger partial charge in [-0.25, -0.2) is 0 Å². The van der Waals surface area contributed by atoms with Crippen molar-refractivity contribution >= 4 is 7.60 Å². The Morgan fingerprint density at radius 2 is 1.72 bits per heavy atom. The van der Waals surface area contributed by atoms with Gasteiger partial charge in [0.25, 0.3) is 0 Å². The molecule has 0 aromatic rings. The van der Waals surface area contributed by atoms with Crippen molar-refractivity contribution in [2.24, 2.45) is 0 Å². The second-order valence-electron chi connectivity index (χ2n) is 4.39. The summed E-state index contributed by atoms with van der Waals surface area (Å²) < 4.78 is 23.7. The summed E-state index contributed by atoms with van der Waals surface area (Å²) in [5, 5.41) is 4.27. The van der Waals surface area contributed by atoms with E-state index in [1.54, 1.807) is 0 Å². The van der Waals surface area contributed by atoms with E-state index >= 15 is 0 Å². The molecule has 0 atom stereocenters. The van der Waals surface area contributed by atoms with E-state index in [9.17, 15) is 4.57 Å². The Kier molecular flexibility index (Phi) is 6.98. The third kappa shape index (κ3) is 4.11. The van der Waals surface area contributed by atoms with Crippen LogP contribution in [0.3, 0.4) is 0 Å². The molecule has 5 heteroatoms. The molecule has 0 unspecified atom stereocenters. The maximum atomic E-state index is 12.8. The number of hydrogen-bond acceptors (Lipinski definition) is 4. The Morgan fingerprint density at radius 3 is 2.28 bits per heavy atom. The molecule has 106 valence electrons. The molecule has 1 N–H and O–H groups in total. The Labute approximate surface area is 111 Å². The third-order valence-corrected chi connectivity index (χ3v) is 5.31. The van der Waals surface area contributed by atoms with Crippen LogP contribution in [-0.4, -0.2) is 19.8 Å². The first-order valence-electron chi connectivity index (χ1n) is 7.03. The van der Waals surface area contributed by atoms with E-state index in [-0.39, 0.29) is 0 Å². The average Bonchev–Trinajstić information content (AvgIpc) is 2.37. The van der Waals surface area contributed by atoms with Crippen molar-refractivity contribution in [2.75, 3.05) is 19.8 Å². The van der Waals surface area contributed by atoms with E-state index in [0.29, 0.717) is 13.2 Å². The van der Waals surface area contributed by atoms with E-state index in [1.165, 1.54) is 0 Å². The van der Waals surface area contributed by atoms with Gasteiger partial charge in [-0.1, -0.05) is 6.92 Å². The molecule has 0 saturated heterocycles. The molecule has 1 rings (SSSR count). The van der Waals surface area contributed by atoms with Gasteiger partial charge in [-0.15, -0.1) is 0 Å². The Morgan fingerprint density at radius 1 is 1.11 bits per heavy atom. The summed E-state index contributed by atoms with van der Waals surface area (Å²) in [7, 11) is -3.07. The number of nitrogens with one attached hydrogen (secondary N) is 1. The van der Waals surface area contributed by atoms with Crippen molar-refractivity contribution in [3.63, 3.8) is 0 Å². The zero-order valence-electron chi connectivity index (χ0n) is 11.8. The monoisotopic (exact) mass is 275 g/mol. The summed E-state index contributed by atoms with van der Waals surface area (Å²) in [6.07, 6.45) is 5.05. The molecule has 1 aliphatic carbocycles. The van der Waals surface area contributed by atoms with Crippen LogP contribution in [0.25, 0.3) is 0 Å². The van der Waals surface area contributed by atoms with E-state index in [1.807, 2.05) is 13.8 Å². The van der Waals surface area contributed by atoms with Crippen LogP contribution in [0.2, 0.25) is 0 Å². The van der Waals surface area contributed by atoms with Crippen molar-refractivity contribution in [2.45, 2.75) is 52.9 Å². The van der Waals surface area contributed by atoms with E-state index in [0.717, 1.165) is 49.7 Å². The lowest BCUT2D eigenvalue weighted by Gasteiger charge is -2.27. The van der Waals surface area contributed by atoms with Crippen LogP contribution in [0.5, 0.6) is 0 Å². The summed E-state index contributed by atoms with van der Waals surface area (Å²) in [5.74, 6) is 0. The van der Waals surface area contributed by atoms with Crippen LogP contribution >= 0.6 is 7.60 Å². The van der Waals surface area contributed by atoms with Crippen molar-refractivity contribution in [3.05, 3.63) is 11.0 Å². The molecule has 0 bridgehead atoms. The second kappa shape index (κ2) is 7.98. The molecule has 4 nitrogen and oxygen atoms in total. The highest BCUT2D eigenvalue weighted by molar-refractivity contribution is 7.58. The Balaban J connectivity index is 2.95. The first kappa shape index (κ1) is 15.7. The van der Waals surface area contributed by atoms with Gasteiger partial charge >= 0.3 is 7.60 Å². The largest absolute Gasteiger partial charge is 0.388 e. The maximum Gasteiger partial charge on any atom is 0.359 e. The lowest BCUT2D eigenvalue weighted by atomic mass is 10.0. The molecule has 0 fully saturated rings. The number of rotatable bonds is 8. The van der Waals surface area contributed by atoms with E-state index in [2.05, 4.69) is 12.2 Å². The lowest BCUT2D eigenvalue weighted by Crippen LogP contribution is -2.19. The summed E-state index contributed by atoms with van der Waals surface area (Å²) in [5.41, 5.74) is 1.09. The van der Waals surface area contributed by atoms with Gasteiger partial charge in [0.2, 0.25) is 0 Å². The predicted molar refractivity (Wildman–Crippen MR) is 74.6 cm³/mol. The van der Waals surface area contributed by atoms with Crippen molar-refractivity contribution in [1.29, 1.82) is 0 Å². The molecular weight excluding hydrogens is 249 g/mol. The highest BCUT2D eigenvalue weighted by Gasteiger charge is 2.33. The van der Waals surface area contributed by atoms with Crippen molar-refractivity contribution in [1.82, 2.24) is 5.32 Å². The first-order valence-corrected chi connectivity index (χ1v) is 8.57. The molecule has 0 saturated carbocycles. The normalized spacial score (nSPS) is 17.1. The van der Waals surface area contributed by atoms with Crippen LogP contribution in [0.15, 0.2) is 11.0 Å². The van der Waals surface area contributed by atoms with Gasteiger partial charge in [0.15, 0.2) is 0 Å². The summed E-state index contributed by atoms with van der Waals surface area (Å²) in [6, 6.07) is 0. The van der Waals surface area contributed by atoms with Gasteiger partial charge in [0.1, 0.15) is 0 Å². The number of hydrogen-bond donors (Lipinski definition) is 1. The molecule has 0 radical (unpaired) electrons. The maximum absolute atomic E-state index is 12.8. The van der Waals surface area contributed by atoms with Gasteiger partial charge in [0.05, 0.1) is 18.5 Å². The SMILES string of the molecule is CCCNC1=C(P(=O)(OCC)OCC)CCCC1. The fourth-order valence-electron chi connectivity index (χ4n) is 2.19. The summed E-state index contributed by atoms with van der Waals surface area (Å²) in [6.45, 7) is 7.59. The first-order chi connectivity index (χ1) is 8.68. The summed E-state index contributed by atoms with van der Waals surface area (Å²) in [4.78, 5) is 0. The van der Waals surface area contributed by atoms with Gasteiger partial charge in [-0.3, -0.25) is 4.57 Å². The van der Waals surface area contributed by atoms with Crippen molar-refractivity contribution < 1.29 is 13.6 Å². The fraction of sp³-hybridized carbons (Fsp3) is 0.846. The quantitative estimate of drug-likeness (QED) is 0.679.